The van der Waals surface area contributed by atoms with E-state index in [1.165, 1.54) is 0 Å². The highest BCUT2D eigenvalue weighted by Gasteiger charge is 2.35. The van der Waals surface area contributed by atoms with E-state index >= 15 is 0 Å². The van der Waals surface area contributed by atoms with Crippen LogP contribution in [0.5, 0.6) is 5.75 Å². The van der Waals surface area contributed by atoms with E-state index in [2.05, 4.69) is 0 Å². The van der Waals surface area contributed by atoms with Gasteiger partial charge in [-0.2, -0.15) is 0 Å². The molecule has 7 heteroatoms. The van der Waals surface area contributed by atoms with Gasteiger partial charge in [-0.05, 0) is 36.4 Å². The molecule has 1 aliphatic heterocycles. The Hall–Kier alpha value is -2.47. The van der Waals surface area contributed by atoms with Gasteiger partial charge in [-0.1, -0.05) is 11.6 Å². The number of ether oxygens (including phenoxy) is 1. The molecule has 0 radical (unpaired) electrons. The quantitative estimate of drug-likeness (QED) is 0.745. The number of benzene rings is 1. The van der Waals surface area contributed by atoms with Gasteiger partial charge in [0.2, 0.25) is 11.8 Å². The molecule has 2 aromatic rings. The predicted molar refractivity (Wildman–Crippen MR) is 96.8 cm³/mol. The molecule has 1 aromatic heterocycles. The molecule has 1 atom stereocenters. The van der Waals surface area contributed by atoms with Crippen LogP contribution in [0.3, 0.4) is 0 Å². The van der Waals surface area contributed by atoms with Crippen molar-refractivity contribution in [3.05, 3.63) is 53.4 Å². The van der Waals surface area contributed by atoms with Crippen molar-refractivity contribution in [1.82, 2.24) is 9.80 Å². The topological polar surface area (TPSA) is 63.0 Å². The van der Waals surface area contributed by atoms with Crippen molar-refractivity contribution in [3.63, 3.8) is 0 Å². The summed E-state index contributed by atoms with van der Waals surface area (Å²) in [6.07, 6.45) is 1.81. The SMILES string of the molecule is CN(CCOc1ccc(Cl)cc1)C(=O)[C@H]1CC(=O)N(Cc2ccco2)C1. The zero-order chi connectivity index (χ0) is 18.5. The van der Waals surface area contributed by atoms with Crippen molar-refractivity contribution in [2.75, 3.05) is 26.7 Å². The van der Waals surface area contributed by atoms with Gasteiger partial charge in [-0.25, -0.2) is 0 Å². The fourth-order valence-electron chi connectivity index (χ4n) is 2.93. The molecular formula is C19H21ClN2O4. The van der Waals surface area contributed by atoms with Gasteiger partial charge in [0, 0.05) is 25.0 Å². The highest BCUT2D eigenvalue weighted by molar-refractivity contribution is 6.30. The molecule has 0 N–H and O–H groups in total. The Balaban J connectivity index is 1.46. The number of carbonyl (C=O) groups is 2. The number of hydrogen-bond donors (Lipinski definition) is 0. The minimum absolute atomic E-state index is 0.0226. The summed E-state index contributed by atoms with van der Waals surface area (Å²) >= 11 is 5.83. The lowest BCUT2D eigenvalue weighted by Crippen LogP contribution is -2.37. The Morgan fingerprint density at radius 3 is 2.81 bits per heavy atom. The molecular weight excluding hydrogens is 356 g/mol. The van der Waals surface area contributed by atoms with Crippen LogP contribution in [0.2, 0.25) is 5.02 Å². The highest BCUT2D eigenvalue weighted by Crippen LogP contribution is 2.22. The Labute approximate surface area is 157 Å². The lowest BCUT2D eigenvalue weighted by Gasteiger charge is -2.21. The zero-order valence-corrected chi connectivity index (χ0v) is 15.3. The molecule has 0 aliphatic carbocycles. The monoisotopic (exact) mass is 376 g/mol. The molecule has 6 nitrogen and oxygen atoms in total. The number of rotatable bonds is 7. The maximum absolute atomic E-state index is 12.6. The number of nitrogens with zero attached hydrogens (tertiary/aromatic N) is 2. The second-order valence-corrected chi connectivity index (χ2v) is 6.75. The molecule has 3 rings (SSSR count). The largest absolute Gasteiger partial charge is 0.492 e. The van der Waals surface area contributed by atoms with Gasteiger partial charge >= 0.3 is 0 Å². The molecule has 26 heavy (non-hydrogen) atoms. The number of amides is 2. The van der Waals surface area contributed by atoms with Crippen LogP contribution in [-0.2, 0) is 16.1 Å². The van der Waals surface area contributed by atoms with Gasteiger partial charge in [-0.15, -0.1) is 0 Å². The number of hydrogen-bond acceptors (Lipinski definition) is 4. The standard InChI is InChI=1S/C19H21ClN2O4/c1-21(8-10-26-16-6-4-15(20)5-7-16)19(24)14-11-18(23)22(12-14)13-17-3-2-9-25-17/h2-7,9,14H,8,10-13H2,1H3/t14-/m0/s1. The first kappa shape index (κ1) is 18.3. The first-order chi connectivity index (χ1) is 12.5. The van der Waals surface area contributed by atoms with Crippen LogP contribution in [0.15, 0.2) is 47.1 Å². The predicted octanol–water partition coefficient (Wildman–Crippen LogP) is 2.82. The third-order valence-electron chi connectivity index (χ3n) is 4.38. The van der Waals surface area contributed by atoms with Gasteiger partial charge in [0.1, 0.15) is 18.1 Å². The van der Waals surface area contributed by atoms with Gasteiger partial charge in [-0.3, -0.25) is 9.59 Å². The number of furan rings is 1. The van der Waals surface area contributed by atoms with Crippen LogP contribution in [0.25, 0.3) is 0 Å². The summed E-state index contributed by atoms with van der Waals surface area (Å²) < 4.78 is 10.9. The summed E-state index contributed by atoms with van der Waals surface area (Å²) in [7, 11) is 1.73. The summed E-state index contributed by atoms with van der Waals surface area (Å²) in [5.74, 6) is 1.04. The molecule has 0 spiro atoms. The second kappa shape index (κ2) is 8.27. The maximum Gasteiger partial charge on any atom is 0.227 e. The van der Waals surface area contributed by atoms with E-state index in [4.69, 9.17) is 20.8 Å². The second-order valence-electron chi connectivity index (χ2n) is 6.32. The van der Waals surface area contributed by atoms with Crippen molar-refractivity contribution in [2.24, 2.45) is 5.92 Å². The molecule has 1 aliphatic rings. The Kier molecular flexibility index (Phi) is 5.83. The molecule has 138 valence electrons. The normalized spacial score (nSPS) is 16.8. The zero-order valence-electron chi connectivity index (χ0n) is 14.6. The van der Waals surface area contributed by atoms with E-state index in [1.807, 2.05) is 6.07 Å². The number of likely N-dealkylation sites (N-methyl/N-ethyl adjacent to an activating group) is 1. The Morgan fingerprint density at radius 2 is 2.12 bits per heavy atom. The van der Waals surface area contributed by atoms with Crippen LogP contribution >= 0.6 is 11.6 Å². The molecule has 0 saturated carbocycles. The molecule has 2 amide bonds. The van der Waals surface area contributed by atoms with E-state index in [-0.39, 0.29) is 24.2 Å². The molecule has 1 saturated heterocycles. The van der Waals surface area contributed by atoms with Gasteiger partial charge in [0.15, 0.2) is 0 Å². The lowest BCUT2D eigenvalue weighted by molar-refractivity contribution is -0.134. The van der Waals surface area contributed by atoms with Gasteiger partial charge in [0.25, 0.3) is 0 Å². The van der Waals surface area contributed by atoms with E-state index in [1.54, 1.807) is 53.4 Å². The van der Waals surface area contributed by atoms with Crippen LogP contribution in [-0.4, -0.2) is 48.4 Å². The minimum atomic E-state index is -0.321. The fraction of sp³-hybridized carbons (Fsp3) is 0.368. The average Bonchev–Trinajstić information content (AvgIpc) is 3.26. The third-order valence-corrected chi connectivity index (χ3v) is 4.63. The highest BCUT2D eigenvalue weighted by atomic mass is 35.5. The number of likely N-dealkylation sites (tertiary alicyclic amines) is 1. The smallest absolute Gasteiger partial charge is 0.227 e. The van der Waals surface area contributed by atoms with Crippen molar-refractivity contribution in [2.45, 2.75) is 13.0 Å². The Bertz CT molecular complexity index is 745. The number of halogens is 1. The van der Waals surface area contributed by atoms with E-state index in [0.29, 0.717) is 37.0 Å². The van der Waals surface area contributed by atoms with E-state index in [9.17, 15) is 9.59 Å². The van der Waals surface area contributed by atoms with Crippen LogP contribution in [0.4, 0.5) is 0 Å². The van der Waals surface area contributed by atoms with E-state index in [0.717, 1.165) is 5.76 Å². The molecule has 1 aromatic carbocycles. The van der Waals surface area contributed by atoms with Crippen LogP contribution in [0.1, 0.15) is 12.2 Å². The van der Waals surface area contributed by atoms with Crippen molar-refractivity contribution >= 4 is 23.4 Å². The molecule has 2 heterocycles. The number of carbonyl (C=O) groups excluding carboxylic acids is 2. The van der Waals surface area contributed by atoms with Crippen molar-refractivity contribution in [3.8, 4) is 5.75 Å². The van der Waals surface area contributed by atoms with Gasteiger partial charge in [0.05, 0.1) is 25.3 Å². The summed E-state index contributed by atoms with van der Waals surface area (Å²) in [6, 6.07) is 10.7. The lowest BCUT2D eigenvalue weighted by atomic mass is 10.1. The first-order valence-corrected chi connectivity index (χ1v) is 8.84. The molecule has 0 bridgehead atoms. The van der Waals surface area contributed by atoms with Crippen molar-refractivity contribution in [1.29, 1.82) is 0 Å². The minimum Gasteiger partial charge on any atom is -0.492 e. The summed E-state index contributed by atoms with van der Waals surface area (Å²) in [4.78, 5) is 28.0. The molecule has 1 fully saturated rings. The summed E-state index contributed by atoms with van der Waals surface area (Å²) in [5.41, 5.74) is 0. The fourth-order valence-corrected chi connectivity index (χ4v) is 3.06. The van der Waals surface area contributed by atoms with Crippen LogP contribution in [0, 0.1) is 5.92 Å². The Morgan fingerprint density at radius 1 is 1.35 bits per heavy atom. The van der Waals surface area contributed by atoms with E-state index < -0.39 is 0 Å². The maximum atomic E-state index is 12.6. The average molecular weight is 377 g/mol. The van der Waals surface area contributed by atoms with Crippen molar-refractivity contribution < 1.29 is 18.7 Å². The summed E-state index contributed by atoms with van der Waals surface area (Å²) in [6.45, 7) is 1.64. The molecule has 0 unspecified atom stereocenters. The van der Waals surface area contributed by atoms with Crippen LogP contribution < -0.4 is 4.74 Å². The first-order valence-electron chi connectivity index (χ1n) is 8.46. The van der Waals surface area contributed by atoms with Gasteiger partial charge < -0.3 is 19.0 Å². The summed E-state index contributed by atoms with van der Waals surface area (Å²) in [5, 5.41) is 0.648. The third kappa shape index (κ3) is 4.58.